The van der Waals surface area contributed by atoms with E-state index >= 15 is 0 Å². The lowest BCUT2D eigenvalue weighted by Gasteiger charge is -2.40. The highest BCUT2D eigenvalue weighted by Gasteiger charge is 2.45. The number of nitrogens with two attached hydrogens (primary N) is 1. The van der Waals surface area contributed by atoms with Gasteiger partial charge < -0.3 is 10.8 Å². The first-order chi connectivity index (χ1) is 10.1. The number of rotatable bonds is 6. The van der Waals surface area contributed by atoms with E-state index in [0.29, 0.717) is 13.1 Å². The van der Waals surface area contributed by atoms with E-state index in [9.17, 15) is 14.7 Å². The van der Waals surface area contributed by atoms with Crippen molar-refractivity contribution in [1.29, 1.82) is 0 Å². The van der Waals surface area contributed by atoms with E-state index in [0.717, 1.165) is 18.4 Å². The van der Waals surface area contributed by atoms with Crippen LogP contribution in [0.15, 0.2) is 30.3 Å². The molecule has 0 aromatic heterocycles. The number of carboxylic acid groups (broad SMARTS) is 1. The van der Waals surface area contributed by atoms with E-state index in [1.165, 1.54) is 0 Å². The van der Waals surface area contributed by atoms with Crippen molar-refractivity contribution in [2.45, 2.75) is 24.9 Å². The number of hydrogen-bond acceptors (Lipinski definition) is 4. The number of benzene rings is 1. The maximum Gasteiger partial charge on any atom is 0.406 e. The minimum Gasteiger partial charge on any atom is -0.465 e. The molecule has 0 saturated carbocycles. The second kappa shape index (κ2) is 6.69. The number of ketones is 1. The second-order valence-electron chi connectivity index (χ2n) is 5.27. The van der Waals surface area contributed by atoms with Gasteiger partial charge in [0.25, 0.3) is 0 Å². The van der Waals surface area contributed by atoms with Crippen LogP contribution in [0.4, 0.5) is 4.79 Å². The fourth-order valence-corrected chi connectivity index (χ4v) is 2.92. The Morgan fingerprint density at radius 1 is 1.24 bits per heavy atom. The van der Waals surface area contributed by atoms with Crippen molar-refractivity contribution in [3.05, 3.63) is 35.9 Å². The number of Topliss-reactive ketones (excluding diaryl/α,β-unsaturated/α-hetero) is 1. The quantitative estimate of drug-likeness (QED) is 0.721. The van der Waals surface area contributed by atoms with Crippen LogP contribution in [-0.2, 0) is 11.2 Å². The molecule has 1 aromatic rings. The highest BCUT2D eigenvalue weighted by atomic mass is 16.4. The van der Waals surface area contributed by atoms with Crippen LogP contribution in [0.1, 0.15) is 18.4 Å². The van der Waals surface area contributed by atoms with Crippen molar-refractivity contribution in [2.24, 2.45) is 5.73 Å². The molecular weight excluding hydrogens is 270 g/mol. The molecule has 1 atom stereocenters. The molecule has 1 aromatic carbocycles. The Bertz CT molecular complexity index is 500. The highest BCUT2D eigenvalue weighted by Crippen LogP contribution is 2.25. The minimum atomic E-state index is -1.27. The maximum atomic E-state index is 12.5. The second-order valence-corrected chi connectivity index (χ2v) is 5.27. The zero-order chi connectivity index (χ0) is 15.3. The van der Waals surface area contributed by atoms with E-state index in [4.69, 9.17) is 5.73 Å². The minimum absolute atomic E-state index is 0.191. The summed E-state index contributed by atoms with van der Waals surface area (Å²) in [5.74, 6) is -0.296. The van der Waals surface area contributed by atoms with Gasteiger partial charge in [0, 0.05) is 19.5 Å². The van der Waals surface area contributed by atoms with E-state index in [1.807, 2.05) is 35.2 Å². The topological polar surface area (TPSA) is 95.7 Å². The van der Waals surface area contributed by atoms with Gasteiger partial charge in [0.2, 0.25) is 0 Å². The molecule has 1 unspecified atom stereocenters. The van der Waals surface area contributed by atoms with Gasteiger partial charge in [-0.1, -0.05) is 30.3 Å². The molecule has 1 heterocycles. The standard InChI is InChI=1S/C15H21N3O3/c16-11-13(19)15(17-14(20)21,18-8-4-5-9-18)10-12-6-2-1-3-7-12/h1-3,6-7,17H,4-5,8-11,16H2,(H,20,21). The van der Waals surface area contributed by atoms with E-state index in [1.54, 1.807) is 0 Å². The number of carbonyl (C=O) groups excluding carboxylic acids is 1. The van der Waals surface area contributed by atoms with Crippen LogP contribution >= 0.6 is 0 Å². The van der Waals surface area contributed by atoms with Crippen LogP contribution < -0.4 is 11.1 Å². The van der Waals surface area contributed by atoms with Crippen molar-refractivity contribution >= 4 is 11.9 Å². The lowest BCUT2D eigenvalue weighted by atomic mass is 9.93. The van der Waals surface area contributed by atoms with Gasteiger partial charge in [0.15, 0.2) is 11.4 Å². The van der Waals surface area contributed by atoms with Gasteiger partial charge in [-0.2, -0.15) is 0 Å². The molecule has 1 aliphatic heterocycles. The maximum absolute atomic E-state index is 12.5. The first-order valence-corrected chi connectivity index (χ1v) is 7.12. The average Bonchev–Trinajstić information content (AvgIpc) is 3.01. The molecule has 4 N–H and O–H groups in total. The Morgan fingerprint density at radius 3 is 2.38 bits per heavy atom. The highest BCUT2D eigenvalue weighted by molar-refractivity contribution is 5.92. The van der Waals surface area contributed by atoms with Crippen LogP contribution in [0.2, 0.25) is 0 Å². The summed E-state index contributed by atoms with van der Waals surface area (Å²) in [5, 5.41) is 11.6. The van der Waals surface area contributed by atoms with Gasteiger partial charge in [-0.25, -0.2) is 4.79 Å². The Hall–Kier alpha value is -1.92. The molecule has 1 amide bonds. The predicted octanol–water partition coefficient (Wildman–Crippen LogP) is 0.817. The number of carbonyl (C=O) groups is 2. The molecule has 6 nitrogen and oxygen atoms in total. The molecule has 0 radical (unpaired) electrons. The molecule has 21 heavy (non-hydrogen) atoms. The van der Waals surface area contributed by atoms with Gasteiger partial charge in [0.05, 0.1) is 6.54 Å². The smallest absolute Gasteiger partial charge is 0.406 e. The van der Waals surface area contributed by atoms with Crippen LogP contribution in [0.5, 0.6) is 0 Å². The molecular formula is C15H21N3O3. The molecule has 0 bridgehead atoms. The Balaban J connectivity index is 2.38. The van der Waals surface area contributed by atoms with Crippen molar-refractivity contribution < 1.29 is 14.7 Å². The number of hydrogen-bond donors (Lipinski definition) is 3. The SMILES string of the molecule is NCC(=O)C(Cc1ccccc1)(NC(=O)O)N1CCCC1. The fourth-order valence-electron chi connectivity index (χ4n) is 2.92. The zero-order valence-corrected chi connectivity index (χ0v) is 11.9. The summed E-state index contributed by atoms with van der Waals surface area (Å²) in [4.78, 5) is 25.6. The number of amides is 1. The molecule has 1 aliphatic rings. The first-order valence-electron chi connectivity index (χ1n) is 7.12. The van der Waals surface area contributed by atoms with Crippen molar-refractivity contribution in [3.63, 3.8) is 0 Å². The van der Waals surface area contributed by atoms with Gasteiger partial charge in [0.1, 0.15) is 0 Å². The summed E-state index contributed by atoms with van der Waals surface area (Å²) in [7, 11) is 0. The summed E-state index contributed by atoms with van der Waals surface area (Å²) in [6.45, 7) is 1.20. The Labute approximate surface area is 123 Å². The third-order valence-electron chi connectivity index (χ3n) is 3.91. The largest absolute Gasteiger partial charge is 0.465 e. The summed E-state index contributed by atoms with van der Waals surface area (Å²) < 4.78 is 0. The molecule has 1 saturated heterocycles. The van der Waals surface area contributed by atoms with E-state index in [-0.39, 0.29) is 18.7 Å². The van der Waals surface area contributed by atoms with Crippen LogP contribution in [0, 0.1) is 0 Å². The van der Waals surface area contributed by atoms with E-state index in [2.05, 4.69) is 5.32 Å². The van der Waals surface area contributed by atoms with Crippen molar-refractivity contribution in [2.75, 3.05) is 19.6 Å². The van der Waals surface area contributed by atoms with Crippen molar-refractivity contribution in [3.8, 4) is 0 Å². The summed E-state index contributed by atoms with van der Waals surface area (Å²) in [6.07, 6.45) is 0.987. The number of likely N-dealkylation sites (tertiary alicyclic amines) is 1. The molecule has 6 heteroatoms. The summed E-state index contributed by atoms with van der Waals surface area (Å²) >= 11 is 0. The van der Waals surface area contributed by atoms with Gasteiger partial charge in [-0.3, -0.25) is 15.0 Å². The Kier molecular flexibility index (Phi) is 4.93. The zero-order valence-electron chi connectivity index (χ0n) is 11.9. The van der Waals surface area contributed by atoms with Crippen molar-refractivity contribution in [1.82, 2.24) is 10.2 Å². The van der Waals surface area contributed by atoms with Gasteiger partial charge in [-0.05, 0) is 18.4 Å². The molecule has 0 aliphatic carbocycles. The van der Waals surface area contributed by atoms with Gasteiger partial charge >= 0.3 is 6.09 Å². The molecule has 2 rings (SSSR count). The third-order valence-corrected chi connectivity index (χ3v) is 3.91. The first kappa shape index (κ1) is 15.5. The van der Waals surface area contributed by atoms with Crippen LogP contribution in [0.25, 0.3) is 0 Å². The molecule has 0 spiro atoms. The lowest BCUT2D eigenvalue weighted by molar-refractivity contribution is -0.131. The lowest BCUT2D eigenvalue weighted by Crippen LogP contribution is -2.67. The normalized spacial score (nSPS) is 18.1. The fraction of sp³-hybridized carbons (Fsp3) is 0.467. The van der Waals surface area contributed by atoms with E-state index < -0.39 is 11.8 Å². The molecule has 114 valence electrons. The Morgan fingerprint density at radius 2 is 1.86 bits per heavy atom. The van der Waals surface area contributed by atoms with Gasteiger partial charge in [-0.15, -0.1) is 0 Å². The third kappa shape index (κ3) is 3.40. The number of nitrogens with one attached hydrogen (secondary N) is 1. The number of nitrogens with zero attached hydrogens (tertiary/aromatic N) is 1. The summed E-state index contributed by atoms with van der Waals surface area (Å²) in [6, 6.07) is 9.40. The monoisotopic (exact) mass is 291 g/mol. The van der Waals surface area contributed by atoms with Crippen LogP contribution in [-0.4, -0.2) is 47.2 Å². The molecule has 1 fully saturated rings. The predicted molar refractivity (Wildman–Crippen MR) is 78.9 cm³/mol. The average molecular weight is 291 g/mol. The summed E-state index contributed by atoms with van der Waals surface area (Å²) in [5.41, 5.74) is 5.18. The van der Waals surface area contributed by atoms with Crippen LogP contribution in [0.3, 0.4) is 0 Å².